The number of H-pyrrole nitrogens is 3. The Labute approximate surface area is 534 Å². The predicted octanol–water partition coefficient (Wildman–Crippen LogP) is 17.3. The first kappa shape index (κ1) is 69.3. The van der Waals surface area contributed by atoms with E-state index in [1.807, 2.05) is 91.5 Å². The first-order valence-electron chi connectivity index (χ1n) is 24.1. The van der Waals surface area contributed by atoms with Crippen molar-refractivity contribution in [3.8, 4) is 0 Å². The van der Waals surface area contributed by atoms with Crippen molar-refractivity contribution in [2.45, 2.75) is 84.3 Å². The standard InChI is InChI=1S/C20H21NS.C10H13Br.C10H9NO.2C10H9NS.ClH.Na.P2S5.H/c1-13-9-10-14(2)18(11-13)16(4)22-20-12-15(3)17-7-5-6-8-19(17)21-20;1-7-4-5-8(2)10(6-7)9(3)11;3*1-7-6-10(12)11-9-5-3-2-4-8(7)9;;;3-1-2-5-7-6-4;/h5-12,16H,1-4H3;4-6,9H,1-3H3;3*2-6H,1H3,(H,11,12);1H;;;/q;;;;;;+1;;-1. The summed E-state index contributed by atoms with van der Waals surface area (Å²) in [6.45, 7) is 21.3. The van der Waals surface area contributed by atoms with Gasteiger partial charge in [-0.15, -0.1) is 12.4 Å². The number of aromatic amines is 3. The minimum atomic E-state index is -0.0359. The molecule has 0 fully saturated rings. The number of thioether (sulfide) groups is 1. The SMILES string of the molecule is Cc1cc(=O)[nH]c2ccccc12.Cc1cc(=S)[nH]c2ccccc12.Cc1cc(=S)[nH]c2ccccc12.Cc1ccc(C)c(C(C)Br)c1.Cc1ccc(C)c(C(C)Sc2cc(C)c3ccccc3n2)c1.Cl.S=PP=S=S=S=S.[H-].[Na+]. The second kappa shape index (κ2) is 35.8. The zero-order valence-corrected chi connectivity index (χ0v) is 58.2. The summed E-state index contributed by atoms with van der Waals surface area (Å²) < 4.78 is 1.59. The summed E-state index contributed by atoms with van der Waals surface area (Å²) in [6.07, 6.45) is 0. The van der Waals surface area contributed by atoms with Crippen LogP contribution >= 0.6 is 78.6 Å². The molecule has 78 heavy (non-hydrogen) atoms. The molecule has 0 aliphatic carbocycles. The topological polar surface area (TPSA) is 77.3 Å². The molecular weight excluding hydrogens is 1250 g/mol. The van der Waals surface area contributed by atoms with Gasteiger partial charge in [-0.2, -0.15) is 0 Å². The third-order valence-electron chi connectivity index (χ3n) is 11.9. The number of hydrogen-bond acceptors (Lipinski definition) is 7. The molecule has 0 radical (unpaired) electrons. The molecule has 4 aromatic heterocycles. The van der Waals surface area contributed by atoms with E-state index in [2.05, 4.69) is 195 Å². The van der Waals surface area contributed by atoms with E-state index in [9.17, 15) is 4.79 Å². The molecule has 3 N–H and O–H groups in total. The van der Waals surface area contributed by atoms with Crippen molar-refractivity contribution in [3.05, 3.63) is 233 Å². The van der Waals surface area contributed by atoms with Crippen molar-refractivity contribution in [2.24, 2.45) is 0 Å². The van der Waals surface area contributed by atoms with Gasteiger partial charge in [-0.3, -0.25) is 4.79 Å². The molecule has 402 valence electrons. The van der Waals surface area contributed by atoms with Crippen molar-refractivity contribution in [2.75, 3.05) is 0 Å². The summed E-state index contributed by atoms with van der Waals surface area (Å²) in [5, 5.41) is 6.33. The fourth-order valence-corrected chi connectivity index (χ4v) is 20.0. The predicted molar refractivity (Wildman–Crippen MR) is 366 cm³/mol. The fourth-order valence-electron chi connectivity index (χ4n) is 8.19. The van der Waals surface area contributed by atoms with E-state index in [1.54, 1.807) is 24.4 Å². The number of para-hydroxylation sites is 4. The minimum Gasteiger partial charge on any atom is -1.00 e. The summed E-state index contributed by atoms with van der Waals surface area (Å²) >= 11 is 24.8. The van der Waals surface area contributed by atoms with Crippen LogP contribution in [0.5, 0.6) is 0 Å². The number of fused-ring (bicyclic) bond motifs is 4. The van der Waals surface area contributed by atoms with Crippen LogP contribution in [-0.2, 0) is 50.3 Å². The van der Waals surface area contributed by atoms with Gasteiger partial charge in [-0.25, -0.2) is 4.98 Å². The minimum absolute atomic E-state index is 0. The Balaban J connectivity index is 0.000000333. The van der Waals surface area contributed by atoms with Gasteiger partial charge in [-0.1, -0.05) is 172 Å². The maximum atomic E-state index is 11.0. The second-order valence-corrected chi connectivity index (χ2v) is 31.2. The van der Waals surface area contributed by atoms with Crippen LogP contribution in [0.1, 0.15) is 81.0 Å². The van der Waals surface area contributed by atoms with E-state index >= 15 is 0 Å². The van der Waals surface area contributed by atoms with Crippen molar-refractivity contribution in [3.63, 3.8) is 0 Å². The summed E-state index contributed by atoms with van der Waals surface area (Å²) in [5.41, 5.74) is 17.1. The Kier molecular flexibility index (Phi) is 31.8. The molecule has 0 saturated heterocycles. The molecular formula is C60H63BrClN4NaOP2S8. The number of nitrogens with one attached hydrogen (secondary N) is 3. The molecule has 0 amide bonds. The number of hydrogen-bond donors (Lipinski definition) is 3. The third kappa shape index (κ3) is 22.1. The van der Waals surface area contributed by atoms with Crippen molar-refractivity contribution >= 4 is 172 Å². The first-order chi connectivity index (χ1) is 36.4. The Hall–Kier alpha value is -2.98. The summed E-state index contributed by atoms with van der Waals surface area (Å²) in [6, 6.07) is 53.5. The number of pyridine rings is 4. The van der Waals surface area contributed by atoms with Gasteiger partial charge < -0.3 is 16.4 Å². The normalized spacial score (nSPS) is 11.0. The van der Waals surface area contributed by atoms with Gasteiger partial charge in [0, 0.05) is 68.3 Å². The van der Waals surface area contributed by atoms with Crippen LogP contribution in [-0.4, -0.2) is 19.9 Å². The molecule has 18 heteroatoms. The second-order valence-electron chi connectivity index (χ2n) is 17.9. The van der Waals surface area contributed by atoms with E-state index in [1.165, 1.54) is 82.2 Å². The molecule has 2 unspecified atom stereocenters. The molecule has 10 rings (SSSR count). The maximum Gasteiger partial charge on any atom is 1.00 e. The number of aryl methyl sites for hydroxylation is 8. The van der Waals surface area contributed by atoms with Crippen molar-refractivity contribution < 1.29 is 31.0 Å². The van der Waals surface area contributed by atoms with Crippen LogP contribution in [0.4, 0.5) is 0 Å². The van der Waals surface area contributed by atoms with Gasteiger partial charge in [0.1, 0.15) is 9.28 Å². The molecule has 0 aliphatic rings. The molecule has 10 aromatic rings. The summed E-state index contributed by atoms with van der Waals surface area (Å²) in [7, 11) is 6.83. The van der Waals surface area contributed by atoms with Gasteiger partial charge in [-0.05, 0) is 206 Å². The quantitative estimate of drug-likeness (QED) is 0.0521. The number of halogens is 2. The maximum absolute atomic E-state index is 11.0. The zero-order chi connectivity index (χ0) is 55.3. The molecule has 6 aromatic carbocycles. The monoisotopic (exact) mass is 1310 g/mol. The van der Waals surface area contributed by atoms with Gasteiger partial charge in [0.2, 0.25) is 5.56 Å². The van der Waals surface area contributed by atoms with Gasteiger partial charge >= 0.3 is 29.6 Å². The molecule has 5 nitrogen and oxygen atoms in total. The molecule has 0 spiro atoms. The molecule has 0 saturated carbocycles. The van der Waals surface area contributed by atoms with Crippen LogP contribution in [0.3, 0.4) is 0 Å². The number of nitrogens with zero attached hydrogens (tertiary/aromatic N) is 1. The Morgan fingerprint density at radius 1 is 0.551 bits per heavy atom. The van der Waals surface area contributed by atoms with Gasteiger partial charge in [0.15, 0.2) is 0 Å². The van der Waals surface area contributed by atoms with Gasteiger partial charge in [0.05, 0.1) is 10.5 Å². The largest absolute Gasteiger partial charge is 1.00 e. The number of rotatable bonds is 5. The number of benzene rings is 6. The van der Waals surface area contributed by atoms with E-state index in [4.69, 9.17) is 29.4 Å². The zero-order valence-electron chi connectivity index (χ0n) is 46.5. The van der Waals surface area contributed by atoms with Crippen molar-refractivity contribution in [1.29, 1.82) is 0 Å². The average Bonchev–Trinajstić information content (AvgIpc) is 3.40. The third-order valence-corrected chi connectivity index (χ3v) is 23.9. The summed E-state index contributed by atoms with van der Waals surface area (Å²) in [5.74, 6) is 0. The average molecular weight is 1310 g/mol. The van der Waals surface area contributed by atoms with Crippen molar-refractivity contribution in [1.82, 2.24) is 19.9 Å². The Morgan fingerprint density at radius 2 is 0.974 bits per heavy atom. The smallest absolute Gasteiger partial charge is 1.00 e. The summed E-state index contributed by atoms with van der Waals surface area (Å²) in [4.78, 5) is 25.4. The molecule has 0 bridgehead atoms. The number of aromatic nitrogens is 4. The molecule has 4 heterocycles. The van der Waals surface area contributed by atoms with Crippen LogP contribution in [0.25, 0.3) is 43.6 Å². The van der Waals surface area contributed by atoms with E-state index < -0.39 is 0 Å². The van der Waals surface area contributed by atoms with Crippen LogP contribution in [0, 0.1) is 64.7 Å². The van der Waals surface area contributed by atoms with E-state index in [0.29, 0.717) is 10.1 Å². The van der Waals surface area contributed by atoms with Crippen LogP contribution < -0.4 is 35.1 Å². The molecule has 2 atom stereocenters. The first-order valence-corrected chi connectivity index (χ1v) is 35.2. The van der Waals surface area contributed by atoms with Gasteiger partial charge in [0.25, 0.3) is 0 Å². The van der Waals surface area contributed by atoms with E-state index in [-0.39, 0.29) is 49.0 Å². The van der Waals surface area contributed by atoms with Crippen LogP contribution in [0.2, 0.25) is 0 Å². The Bertz CT molecular complexity index is 3760. The fraction of sp³-hybridized carbons (Fsp3) is 0.200. The molecule has 0 aliphatic heterocycles. The van der Waals surface area contributed by atoms with Crippen LogP contribution in [0.15, 0.2) is 168 Å². The Morgan fingerprint density at radius 3 is 1.45 bits per heavy atom. The van der Waals surface area contributed by atoms with E-state index in [0.717, 1.165) is 54.4 Å². The number of alkyl halides is 1.